The average Bonchev–Trinajstić information content (AvgIpc) is 3.06. The topological polar surface area (TPSA) is 86.8 Å². The maximum absolute atomic E-state index is 14.6. The zero-order valence-electron chi connectivity index (χ0n) is 26.0. The molecule has 1 atom stereocenters. The lowest BCUT2D eigenvalue weighted by molar-refractivity contribution is -0.140. The van der Waals surface area contributed by atoms with E-state index in [1.165, 1.54) is 28.8 Å². The van der Waals surface area contributed by atoms with Crippen LogP contribution >= 0.6 is 35.0 Å². The number of carbonyl (C=O) groups excluding carboxylic acids is 2. The molecule has 0 saturated heterocycles. The number of anilines is 1. The minimum Gasteiger partial charge on any atom is -0.354 e. The van der Waals surface area contributed by atoms with Crippen LogP contribution in [-0.4, -0.2) is 50.5 Å². The molecule has 0 saturated carbocycles. The van der Waals surface area contributed by atoms with E-state index in [2.05, 4.69) is 5.32 Å². The lowest BCUT2D eigenvalue weighted by Crippen LogP contribution is -2.53. The van der Waals surface area contributed by atoms with Crippen molar-refractivity contribution in [1.29, 1.82) is 0 Å². The molecule has 242 valence electrons. The van der Waals surface area contributed by atoms with Crippen molar-refractivity contribution in [2.75, 3.05) is 23.7 Å². The fourth-order valence-corrected chi connectivity index (χ4v) is 7.23. The van der Waals surface area contributed by atoms with E-state index in [0.29, 0.717) is 34.3 Å². The summed E-state index contributed by atoms with van der Waals surface area (Å²) in [5.74, 6) is -0.951. The molecule has 0 aliphatic rings. The van der Waals surface area contributed by atoms with Gasteiger partial charge in [-0.3, -0.25) is 13.9 Å². The molecule has 46 heavy (non-hydrogen) atoms. The Morgan fingerprint density at radius 3 is 2.09 bits per heavy atom. The molecule has 0 fully saturated rings. The second-order valence-electron chi connectivity index (χ2n) is 10.7. The van der Waals surface area contributed by atoms with Gasteiger partial charge in [0.1, 0.15) is 12.6 Å². The zero-order chi connectivity index (χ0) is 33.3. The lowest BCUT2D eigenvalue weighted by atomic mass is 10.0. The smallest absolute Gasteiger partial charge is 0.264 e. The summed E-state index contributed by atoms with van der Waals surface area (Å²) in [5.41, 5.74) is 2.54. The first kappa shape index (κ1) is 35.4. The van der Waals surface area contributed by atoms with Crippen LogP contribution in [0, 0.1) is 6.92 Å². The van der Waals surface area contributed by atoms with Gasteiger partial charge in [0.05, 0.1) is 10.6 Å². The highest BCUT2D eigenvalue weighted by Crippen LogP contribution is 2.29. The van der Waals surface area contributed by atoms with E-state index in [0.717, 1.165) is 20.3 Å². The summed E-state index contributed by atoms with van der Waals surface area (Å²) in [6, 6.07) is 26.8. The summed E-state index contributed by atoms with van der Waals surface area (Å²) < 4.78 is 29.5. The van der Waals surface area contributed by atoms with E-state index in [1.54, 1.807) is 54.6 Å². The number of sulfonamides is 1. The summed E-state index contributed by atoms with van der Waals surface area (Å²) in [6.07, 6.45) is 2.80. The minimum atomic E-state index is -4.20. The van der Waals surface area contributed by atoms with Crippen molar-refractivity contribution >= 4 is 62.5 Å². The molecule has 11 heteroatoms. The third kappa shape index (κ3) is 8.85. The molecule has 0 aliphatic heterocycles. The monoisotopic (exact) mass is 697 g/mol. The quantitative estimate of drug-likeness (QED) is 0.139. The molecule has 0 aliphatic carbocycles. The van der Waals surface area contributed by atoms with Crippen molar-refractivity contribution in [3.63, 3.8) is 0 Å². The zero-order valence-corrected chi connectivity index (χ0v) is 29.1. The molecule has 2 amide bonds. The number of halogens is 2. The van der Waals surface area contributed by atoms with Crippen molar-refractivity contribution in [2.45, 2.75) is 49.1 Å². The first-order valence-electron chi connectivity index (χ1n) is 14.8. The Kier molecular flexibility index (Phi) is 12.6. The van der Waals surface area contributed by atoms with E-state index in [-0.39, 0.29) is 23.8 Å². The van der Waals surface area contributed by atoms with Gasteiger partial charge in [-0.15, -0.1) is 11.8 Å². The van der Waals surface area contributed by atoms with Gasteiger partial charge in [0.2, 0.25) is 11.8 Å². The Bertz CT molecular complexity index is 1720. The van der Waals surface area contributed by atoms with Crippen LogP contribution in [0.15, 0.2) is 107 Å². The van der Waals surface area contributed by atoms with Gasteiger partial charge in [-0.1, -0.05) is 84.2 Å². The van der Waals surface area contributed by atoms with Gasteiger partial charge in [-0.05, 0) is 73.7 Å². The molecular formula is C35H37Cl2N3O4S2. The van der Waals surface area contributed by atoms with Crippen LogP contribution in [0.4, 0.5) is 5.69 Å². The van der Waals surface area contributed by atoms with Gasteiger partial charge in [0.25, 0.3) is 10.0 Å². The number of amides is 2. The Labute approximate surface area is 286 Å². The van der Waals surface area contributed by atoms with Crippen molar-refractivity contribution < 1.29 is 18.0 Å². The summed E-state index contributed by atoms with van der Waals surface area (Å²) in [4.78, 5) is 30.7. The van der Waals surface area contributed by atoms with Crippen molar-refractivity contribution in [3.8, 4) is 0 Å². The third-order valence-corrected chi connectivity index (χ3v) is 10.7. The number of aryl methyl sites for hydroxylation is 1. The predicted molar refractivity (Wildman–Crippen MR) is 188 cm³/mol. The number of carbonyl (C=O) groups is 2. The van der Waals surface area contributed by atoms with E-state index >= 15 is 0 Å². The number of hydrogen-bond acceptors (Lipinski definition) is 5. The molecule has 4 aromatic rings. The van der Waals surface area contributed by atoms with Crippen molar-refractivity contribution in [1.82, 2.24) is 10.2 Å². The van der Waals surface area contributed by atoms with Crippen molar-refractivity contribution in [2.24, 2.45) is 0 Å². The Morgan fingerprint density at radius 2 is 1.50 bits per heavy atom. The SMILES string of the molecule is CCCNC(=O)C(Cc1ccccc1)N(Cc1c(Cl)cccc1Cl)C(=O)CN(c1ccc(C)cc1)S(=O)(=O)c1ccc(SC)cc1. The molecule has 0 aromatic heterocycles. The fraction of sp³-hybridized carbons (Fsp3) is 0.257. The predicted octanol–water partition coefficient (Wildman–Crippen LogP) is 7.39. The third-order valence-electron chi connectivity index (χ3n) is 7.46. The molecule has 0 radical (unpaired) electrons. The first-order valence-corrected chi connectivity index (χ1v) is 18.2. The van der Waals surface area contributed by atoms with E-state index in [1.807, 2.05) is 50.4 Å². The number of nitrogens with one attached hydrogen (secondary N) is 1. The Hall–Kier alpha value is -3.50. The van der Waals surface area contributed by atoms with E-state index in [4.69, 9.17) is 23.2 Å². The second kappa shape index (κ2) is 16.4. The molecular weight excluding hydrogens is 661 g/mol. The highest BCUT2D eigenvalue weighted by Gasteiger charge is 2.35. The number of benzene rings is 4. The normalized spacial score (nSPS) is 11.9. The largest absolute Gasteiger partial charge is 0.354 e. The summed E-state index contributed by atoms with van der Waals surface area (Å²) >= 11 is 14.6. The van der Waals surface area contributed by atoms with Crippen LogP contribution in [0.5, 0.6) is 0 Å². The minimum absolute atomic E-state index is 0.0425. The standard InChI is InChI=1S/C35H37Cl2N3O4S2/c1-4-21-38-35(42)33(22-26-9-6-5-7-10-26)39(23-30-31(36)11-8-12-32(30)37)34(41)24-40(27-15-13-25(2)14-16-27)46(43,44)29-19-17-28(45-3)18-20-29/h5-20,33H,4,21-24H2,1-3H3,(H,38,42). The second-order valence-corrected chi connectivity index (χ2v) is 14.3. The van der Waals surface area contributed by atoms with Gasteiger partial charge in [-0.25, -0.2) is 8.42 Å². The van der Waals surface area contributed by atoms with Gasteiger partial charge in [0.15, 0.2) is 0 Å². The number of thioether (sulfide) groups is 1. The van der Waals surface area contributed by atoms with E-state index < -0.39 is 28.5 Å². The van der Waals surface area contributed by atoms with Gasteiger partial charge in [-0.2, -0.15) is 0 Å². The molecule has 0 spiro atoms. The molecule has 0 bridgehead atoms. The number of nitrogens with zero attached hydrogens (tertiary/aromatic N) is 2. The van der Waals surface area contributed by atoms with Crippen LogP contribution in [0.2, 0.25) is 10.0 Å². The molecule has 1 unspecified atom stereocenters. The van der Waals surface area contributed by atoms with Crippen LogP contribution < -0.4 is 9.62 Å². The summed E-state index contributed by atoms with van der Waals surface area (Å²) in [6.45, 7) is 3.57. The Morgan fingerprint density at radius 1 is 0.870 bits per heavy atom. The Balaban J connectivity index is 1.82. The molecule has 1 N–H and O–H groups in total. The van der Waals surface area contributed by atoms with Crippen LogP contribution in [0.1, 0.15) is 30.0 Å². The molecule has 7 nitrogen and oxygen atoms in total. The average molecular weight is 699 g/mol. The first-order chi connectivity index (χ1) is 22.0. The lowest BCUT2D eigenvalue weighted by Gasteiger charge is -2.34. The molecule has 4 aromatic carbocycles. The number of hydrogen-bond donors (Lipinski definition) is 1. The highest BCUT2D eigenvalue weighted by molar-refractivity contribution is 7.98. The van der Waals surface area contributed by atoms with Crippen molar-refractivity contribution in [3.05, 3.63) is 124 Å². The maximum Gasteiger partial charge on any atom is 0.264 e. The maximum atomic E-state index is 14.6. The van der Waals surface area contributed by atoms with Gasteiger partial charge < -0.3 is 10.2 Å². The van der Waals surface area contributed by atoms with Crippen LogP contribution in [-0.2, 0) is 32.6 Å². The molecule has 4 rings (SSSR count). The summed E-state index contributed by atoms with van der Waals surface area (Å²) in [5, 5.41) is 3.59. The van der Waals surface area contributed by atoms with E-state index in [9.17, 15) is 18.0 Å². The van der Waals surface area contributed by atoms with Gasteiger partial charge in [0, 0.05) is 40.0 Å². The molecule has 0 heterocycles. The van der Waals surface area contributed by atoms with Crippen LogP contribution in [0.3, 0.4) is 0 Å². The summed E-state index contributed by atoms with van der Waals surface area (Å²) in [7, 11) is -4.20. The number of rotatable bonds is 14. The van der Waals surface area contributed by atoms with Gasteiger partial charge >= 0.3 is 0 Å². The fourth-order valence-electron chi connectivity index (χ4n) is 4.89. The highest BCUT2D eigenvalue weighted by atomic mass is 35.5. The van der Waals surface area contributed by atoms with Crippen LogP contribution in [0.25, 0.3) is 0 Å².